The van der Waals surface area contributed by atoms with Gasteiger partial charge in [0.1, 0.15) is 0 Å². The molecule has 1 aliphatic rings. The Balaban J connectivity index is 2.18. The summed E-state index contributed by atoms with van der Waals surface area (Å²) in [4.78, 5) is 2.47. The van der Waals surface area contributed by atoms with E-state index in [1.165, 1.54) is 5.56 Å². The van der Waals surface area contributed by atoms with Gasteiger partial charge in [0.05, 0.1) is 13.2 Å². The lowest BCUT2D eigenvalue weighted by Gasteiger charge is -2.40. The van der Waals surface area contributed by atoms with Crippen LogP contribution in [-0.2, 0) is 4.74 Å². The van der Waals surface area contributed by atoms with Crippen LogP contribution < -0.4 is 5.73 Å². The third kappa shape index (κ3) is 3.04. The largest absolute Gasteiger partial charge is 0.378 e. The number of nitrogens with zero attached hydrogens (tertiary/aromatic N) is 1. The van der Waals surface area contributed by atoms with Crippen LogP contribution >= 0.6 is 11.6 Å². The first kappa shape index (κ1) is 13.8. The number of hydrogen-bond acceptors (Lipinski definition) is 3. The standard InChI is InChI=1S/C14H21ClN2O/c1-2-13-10-18-8-7-17(13)14(9-16)11-3-5-12(15)6-4-11/h3-6,13-14H,2,7-10,16H2,1H3. The molecule has 0 radical (unpaired) electrons. The van der Waals surface area contributed by atoms with Gasteiger partial charge < -0.3 is 10.5 Å². The number of rotatable bonds is 4. The molecule has 2 unspecified atom stereocenters. The lowest BCUT2D eigenvalue weighted by atomic mass is 10.0. The van der Waals surface area contributed by atoms with Crippen molar-refractivity contribution in [3.63, 3.8) is 0 Å². The van der Waals surface area contributed by atoms with Crippen LogP contribution in [0, 0.1) is 0 Å². The number of nitrogens with two attached hydrogens (primary N) is 1. The highest BCUT2D eigenvalue weighted by atomic mass is 35.5. The number of halogens is 1. The molecule has 1 heterocycles. The molecule has 1 aliphatic heterocycles. The second kappa shape index (κ2) is 6.53. The Morgan fingerprint density at radius 3 is 2.78 bits per heavy atom. The molecule has 0 bridgehead atoms. The van der Waals surface area contributed by atoms with E-state index in [9.17, 15) is 0 Å². The van der Waals surface area contributed by atoms with Crippen LogP contribution in [0.5, 0.6) is 0 Å². The molecular formula is C14H21ClN2O. The maximum Gasteiger partial charge on any atom is 0.0622 e. The monoisotopic (exact) mass is 268 g/mol. The maximum atomic E-state index is 5.98. The lowest BCUT2D eigenvalue weighted by molar-refractivity contribution is -0.0291. The summed E-state index contributed by atoms with van der Waals surface area (Å²) in [5.74, 6) is 0. The molecular weight excluding hydrogens is 248 g/mol. The molecule has 1 aromatic rings. The summed E-state index contributed by atoms with van der Waals surface area (Å²) in [5.41, 5.74) is 7.21. The van der Waals surface area contributed by atoms with Gasteiger partial charge in [0.2, 0.25) is 0 Å². The highest BCUT2D eigenvalue weighted by Crippen LogP contribution is 2.26. The molecule has 2 atom stereocenters. The van der Waals surface area contributed by atoms with E-state index in [1.54, 1.807) is 0 Å². The van der Waals surface area contributed by atoms with Crippen LogP contribution in [-0.4, -0.2) is 37.2 Å². The number of benzene rings is 1. The van der Waals surface area contributed by atoms with Gasteiger partial charge in [-0.25, -0.2) is 0 Å². The van der Waals surface area contributed by atoms with Gasteiger partial charge in [-0.2, -0.15) is 0 Å². The molecule has 0 aliphatic carbocycles. The van der Waals surface area contributed by atoms with Gasteiger partial charge >= 0.3 is 0 Å². The SMILES string of the molecule is CCC1COCCN1C(CN)c1ccc(Cl)cc1. The molecule has 0 spiro atoms. The Morgan fingerprint density at radius 1 is 1.44 bits per heavy atom. The Hall–Kier alpha value is -0.610. The van der Waals surface area contributed by atoms with Crippen LogP contribution in [0.4, 0.5) is 0 Å². The van der Waals surface area contributed by atoms with Crippen molar-refractivity contribution in [2.45, 2.75) is 25.4 Å². The van der Waals surface area contributed by atoms with E-state index >= 15 is 0 Å². The van der Waals surface area contributed by atoms with Crippen molar-refractivity contribution < 1.29 is 4.74 Å². The van der Waals surface area contributed by atoms with Crippen molar-refractivity contribution in [1.29, 1.82) is 0 Å². The first-order valence-electron chi connectivity index (χ1n) is 6.55. The Morgan fingerprint density at radius 2 is 2.17 bits per heavy atom. The van der Waals surface area contributed by atoms with E-state index in [-0.39, 0.29) is 6.04 Å². The summed E-state index contributed by atoms with van der Waals surface area (Å²) < 4.78 is 5.55. The van der Waals surface area contributed by atoms with Crippen LogP contribution in [0.25, 0.3) is 0 Å². The second-order valence-corrected chi connectivity index (χ2v) is 5.11. The molecule has 2 N–H and O–H groups in total. The van der Waals surface area contributed by atoms with Gasteiger partial charge in [-0.1, -0.05) is 30.7 Å². The fourth-order valence-corrected chi connectivity index (χ4v) is 2.70. The number of hydrogen-bond donors (Lipinski definition) is 1. The molecule has 1 aromatic carbocycles. The van der Waals surface area contributed by atoms with Crippen molar-refractivity contribution in [3.05, 3.63) is 34.9 Å². The lowest BCUT2D eigenvalue weighted by Crippen LogP contribution is -2.48. The Labute approximate surface area is 114 Å². The average Bonchev–Trinajstić information content (AvgIpc) is 2.42. The minimum Gasteiger partial charge on any atom is -0.378 e. The topological polar surface area (TPSA) is 38.5 Å². The van der Waals surface area contributed by atoms with Gasteiger partial charge in [-0.15, -0.1) is 0 Å². The zero-order chi connectivity index (χ0) is 13.0. The summed E-state index contributed by atoms with van der Waals surface area (Å²) >= 11 is 5.94. The van der Waals surface area contributed by atoms with Gasteiger partial charge in [0.25, 0.3) is 0 Å². The van der Waals surface area contributed by atoms with Crippen molar-refractivity contribution in [2.75, 3.05) is 26.3 Å². The molecule has 2 rings (SSSR count). The van der Waals surface area contributed by atoms with Crippen molar-refractivity contribution >= 4 is 11.6 Å². The number of morpholine rings is 1. The van der Waals surface area contributed by atoms with Gasteiger partial charge in [-0.05, 0) is 24.1 Å². The van der Waals surface area contributed by atoms with Crippen LogP contribution in [0.1, 0.15) is 24.9 Å². The van der Waals surface area contributed by atoms with Crippen molar-refractivity contribution in [2.24, 2.45) is 5.73 Å². The van der Waals surface area contributed by atoms with E-state index in [1.807, 2.05) is 12.1 Å². The van der Waals surface area contributed by atoms with Crippen molar-refractivity contribution in [3.8, 4) is 0 Å². The molecule has 0 amide bonds. The summed E-state index contributed by atoms with van der Waals surface area (Å²) in [6.45, 7) is 5.37. The quantitative estimate of drug-likeness (QED) is 0.912. The third-order valence-corrected chi connectivity index (χ3v) is 3.87. The minimum atomic E-state index is 0.260. The van der Waals surface area contributed by atoms with E-state index < -0.39 is 0 Å². The predicted molar refractivity (Wildman–Crippen MR) is 74.9 cm³/mol. The molecule has 4 heteroatoms. The van der Waals surface area contributed by atoms with E-state index in [0.29, 0.717) is 12.6 Å². The zero-order valence-electron chi connectivity index (χ0n) is 10.8. The van der Waals surface area contributed by atoms with Gasteiger partial charge in [0, 0.05) is 30.2 Å². The number of ether oxygens (including phenoxy) is 1. The van der Waals surface area contributed by atoms with E-state index in [0.717, 1.165) is 31.2 Å². The fourth-order valence-electron chi connectivity index (χ4n) is 2.58. The van der Waals surface area contributed by atoms with E-state index in [2.05, 4.69) is 24.0 Å². The highest BCUT2D eigenvalue weighted by Gasteiger charge is 2.28. The first-order chi connectivity index (χ1) is 8.76. The summed E-state index contributed by atoms with van der Waals surface area (Å²) in [5, 5.41) is 0.767. The van der Waals surface area contributed by atoms with Crippen molar-refractivity contribution in [1.82, 2.24) is 4.90 Å². The molecule has 18 heavy (non-hydrogen) atoms. The molecule has 100 valence electrons. The third-order valence-electron chi connectivity index (χ3n) is 3.62. The molecule has 1 fully saturated rings. The van der Waals surface area contributed by atoms with Gasteiger partial charge in [-0.3, -0.25) is 4.90 Å². The molecule has 0 aromatic heterocycles. The smallest absolute Gasteiger partial charge is 0.0622 e. The summed E-state index contributed by atoms with van der Waals surface area (Å²) in [7, 11) is 0. The second-order valence-electron chi connectivity index (χ2n) is 4.68. The zero-order valence-corrected chi connectivity index (χ0v) is 11.6. The fraction of sp³-hybridized carbons (Fsp3) is 0.571. The first-order valence-corrected chi connectivity index (χ1v) is 6.93. The molecule has 0 saturated carbocycles. The summed E-state index contributed by atoms with van der Waals surface area (Å²) in [6, 6.07) is 8.73. The summed E-state index contributed by atoms with van der Waals surface area (Å²) in [6.07, 6.45) is 1.09. The average molecular weight is 269 g/mol. The van der Waals surface area contributed by atoms with Gasteiger partial charge in [0.15, 0.2) is 0 Å². The Kier molecular flexibility index (Phi) is 5.01. The Bertz CT molecular complexity index is 369. The minimum absolute atomic E-state index is 0.260. The van der Waals surface area contributed by atoms with Crippen LogP contribution in [0.15, 0.2) is 24.3 Å². The van der Waals surface area contributed by atoms with Crippen LogP contribution in [0.3, 0.4) is 0 Å². The van der Waals surface area contributed by atoms with E-state index in [4.69, 9.17) is 22.1 Å². The normalized spacial score (nSPS) is 22.9. The predicted octanol–water partition coefficient (Wildman–Crippen LogP) is 2.45. The maximum absolute atomic E-state index is 5.98. The van der Waals surface area contributed by atoms with Crippen LogP contribution in [0.2, 0.25) is 5.02 Å². The highest BCUT2D eigenvalue weighted by molar-refractivity contribution is 6.30. The molecule has 3 nitrogen and oxygen atoms in total. The molecule has 1 saturated heterocycles.